The molecule has 6 aliphatic rings. The molecule has 1 aromatic heterocycles. The molecular formula is C49H53ClN2O10. The van der Waals surface area contributed by atoms with Crippen molar-refractivity contribution in [2.24, 2.45) is 23.7 Å². The van der Waals surface area contributed by atoms with Gasteiger partial charge < -0.3 is 33.7 Å². The first-order chi connectivity index (χ1) is 29.9. The zero-order chi connectivity index (χ0) is 42.9. The van der Waals surface area contributed by atoms with Gasteiger partial charge in [-0.05, 0) is 149 Å². The van der Waals surface area contributed by atoms with Gasteiger partial charge in [-0.2, -0.15) is 0 Å². The molecule has 0 radical (unpaired) electrons. The van der Waals surface area contributed by atoms with Crippen LogP contribution in [0.1, 0.15) is 90.5 Å². The number of fused-ring (bicyclic) bond motifs is 1. The van der Waals surface area contributed by atoms with Crippen molar-refractivity contribution in [2.75, 3.05) is 40.0 Å². The number of halogens is 1. The van der Waals surface area contributed by atoms with Gasteiger partial charge in [0.25, 0.3) is 5.91 Å². The summed E-state index contributed by atoms with van der Waals surface area (Å²) < 4.78 is 30.9. The minimum absolute atomic E-state index is 0.00298. The van der Waals surface area contributed by atoms with Gasteiger partial charge in [0.05, 0.1) is 43.3 Å². The van der Waals surface area contributed by atoms with Crippen molar-refractivity contribution in [2.45, 2.75) is 94.7 Å². The molecular weight excluding hydrogens is 812 g/mol. The normalized spacial score (nSPS) is 27.5. The molecule has 326 valence electrons. The van der Waals surface area contributed by atoms with E-state index in [-0.39, 0.29) is 67.2 Å². The molecule has 0 unspecified atom stereocenters. The molecule has 3 saturated carbocycles. The van der Waals surface area contributed by atoms with E-state index in [0.717, 1.165) is 67.7 Å². The summed E-state index contributed by atoms with van der Waals surface area (Å²) in [5, 5.41) is 13.9. The van der Waals surface area contributed by atoms with Gasteiger partial charge in [0.1, 0.15) is 5.75 Å². The second-order valence-electron chi connectivity index (χ2n) is 18.6. The fourth-order valence-corrected chi connectivity index (χ4v) is 11.7. The lowest BCUT2D eigenvalue weighted by molar-refractivity contribution is -0.163. The highest BCUT2D eigenvalue weighted by molar-refractivity contribution is 6.30. The van der Waals surface area contributed by atoms with Gasteiger partial charge in [-0.25, -0.2) is 4.79 Å². The number of carbonyl (C=O) groups excluding carboxylic acids is 4. The number of ketones is 1. The van der Waals surface area contributed by atoms with Crippen LogP contribution in [0.2, 0.25) is 5.02 Å². The maximum Gasteiger partial charge on any atom is 0.513 e. The van der Waals surface area contributed by atoms with Gasteiger partial charge in [0.15, 0.2) is 23.4 Å². The van der Waals surface area contributed by atoms with E-state index in [1.54, 1.807) is 48.1 Å². The van der Waals surface area contributed by atoms with E-state index >= 15 is 0 Å². The molecule has 13 heteroatoms. The molecule has 1 saturated heterocycles. The second-order valence-corrected chi connectivity index (χ2v) is 19.1. The van der Waals surface area contributed by atoms with E-state index < -0.39 is 23.3 Å². The number of aromatic nitrogens is 1. The Labute approximate surface area is 365 Å². The number of benzene rings is 3. The Hall–Kier alpha value is -4.91. The molecule has 2 aliphatic heterocycles. The molecule has 4 atom stereocenters. The summed E-state index contributed by atoms with van der Waals surface area (Å²) >= 11 is 6.07. The summed E-state index contributed by atoms with van der Waals surface area (Å²) in [6.07, 6.45) is 6.08. The third-order valence-electron chi connectivity index (χ3n) is 15.0. The lowest BCUT2D eigenvalue weighted by Gasteiger charge is -2.55. The van der Waals surface area contributed by atoms with Crippen LogP contribution in [-0.2, 0) is 37.3 Å². The van der Waals surface area contributed by atoms with E-state index in [2.05, 4.69) is 4.90 Å². The number of likely N-dealkylation sites (tertiary alicyclic amines) is 1. The minimum Gasteiger partial charge on any atom is -0.497 e. The molecule has 0 amide bonds. The van der Waals surface area contributed by atoms with Crippen molar-refractivity contribution >= 4 is 46.3 Å². The number of ether oxygens (including phenoxy) is 5. The molecule has 2 bridgehead atoms. The molecule has 3 aromatic carbocycles. The number of hydrogen-bond donors (Lipinski definition) is 1. The summed E-state index contributed by atoms with van der Waals surface area (Å²) in [5.74, 6) is 1.64. The lowest BCUT2D eigenvalue weighted by Crippen LogP contribution is -2.68. The van der Waals surface area contributed by atoms with Crippen LogP contribution in [-0.4, -0.2) is 90.1 Å². The van der Waals surface area contributed by atoms with E-state index in [9.17, 15) is 24.3 Å². The number of nitrogens with zero attached hydrogens (tertiary/aromatic N) is 2. The topological polar surface area (TPSA) is 143 Å². The number of hydrogen-bond acceptors (Lipinski definition) is 11. The molecule has 4 aliphatic carbocycles. The first-order valence-electron chi connectivity index (χ1n) is 22.2. The molecule has 62 heavy (non-hydrogen) atoms. The summed E-state index contributed by atoms with van der Waals surface area (Å²) in [6, 6.07) is 15.9. The van der Waals surface area contributed by atoms with Crippen molar-refractivity contribution in [3.8, 4) is 17.2 Å². The third kappa shape index (κ3) is 7.06. The molecule has 3 heterocycles. The van der Waals surface area contributed by atoms with E-state index in [1.807, 2.05) is 25.1 Å². The van der Waals surface area contributed by atoms with Crippen LogP contribution in [0.5, 0.6) is 17.2 Å². The summed E-state index contributed by atoms with van der Waals surface area (Å²) in [6.45, 7) is 4.93. The predicted octanol–water partition coefficient (Wildman–Crippen LogP) is 7.79. The Morgan fingerprint density at radius 2 is 1.65 bits per heavy atom. The lowest BCUT2D eigenvalue weighted by atomic mass is 9.49. The average molecular weight is 865 g/mol. The summed E-state index contributed by atoms with van der Waals surface area (Å²) in [7, 11) is 1.58. The van der Waals surface area contributed by atoms with Crippen LogP contribution in [0.25, 0.3) is 10.9 Å². The predicted molar refractivity (Wildman–Crippen MR) is 229 cm³/mol. The van der Waals surface area contributed by atoms with E-state index in [4.69, 9.17) is 35.3 Å². The van der Waals surface area contributed by atoms with Crippen LogP contribution in [0.4, 0.5) is 4.79 Å². The Morgan fingerprint density at radius 1 is 0.919 bits per heavy atom. The van der Waals surface area contributed by atoms with Crippen LogP contribution in [0.15, 0.2) is 54.6 Å². The Morgan fingerprint density at radius 3 is 2.37 bits per heavy atom. The second kappa shape index (κ2) is 16.0. The van der Waals surface area contributed by atoms with Gasteiger partial charge in [-0.3, -0.25) is 19.0 Å². The molecule has 1 spiro atoms. The van der Waals surface area contributed by atoms with Crippen LogP contribution >= 0.6 is 11.6 Å². The SMILES string of the molecule is COc1ccc2c(c1)c(CC(=O)OCC1CCC(COC(=O)Oc3ccc4c5c3O[C@H]3C(=O)CC[C@@]6(O)[C@@H](C4)CN(CC4CC4)CC[C@]536)CC1)c(C)n2C(=O)c1ccc(Cl)cc1. The monoisotopic (exact) mass is 864 g/mol. The molecule has 12 nitrogen and oxygen atoms in total. The fourth-order valence-electron chi connectivity index (χ4n) is 11.6. The Balaban J connectivity index is 0.743. The van der Waals surface area contributed by atoms with Gasteiger partial charge in [-0.15, -0.1) is 0 Å². The van der Waals surface area contributed by atoms with E-state index in [0.29, 0.717) is 58.1 Å². The first-order valence-corrected chi connectivity index (χ1v) is 22.6. The maximum atomic E-state index is 13.7. The van der Waals surface area contributed by atoms with Gasteiger partial charge in [0.2, 0.25) is 0 Å². The molecule has 4 aromatic rings. The van der Waals surface area contributed by atoms with Crippen LogP contribution < -0.4 is 14.2 Å². The quantitative estimate of drug-likeness (QED) is 0.117. The van der Waals surface area contributed by atoms with Crippen LogP contribution in [0, 0.1) is 30.6 Å². The largest absolute Gasteiger partial charge is 0.513 e. The average Bonchev–Trinajstić information content (AvgIpc) is 3.96. The number of aliphatic hydroxyl groups is 1. The Kier molecular flexibility index (Phi) is 10.6. The minimum atomic E-state index is -1.08. The van der Waals surface area contributed by atoms with Gasteiger partial charge in [-0.1, -0.05) is 17.7 Å². The smallest absolute Gasteiger partial charge is 0.497 e. The highest BCUT2D eigenvalue weighted by atomic mass is 35.5. The van der Waals surface area contributed by atoms with Crippen molar-refractivity contribution in [1.29, 1.82) is 0 Å². The third-order valence-corrected chi connectivity index (χ3v) is 15.3. The van der Waals surface area contributed by atoms with Gasteiger partial charge in [0, 0.05) is 52.7 Å². The zero-order valence-electron chi connectivity index (χ0n) is 35.3. The zero-order valence-corrected chi connectivity index (χ0v) is 36.0. The van der Waals surface area contributed by atoms with E-state index in [1.165, 1.54) is 12.8 Å². The molecule has 1 N–H and O–H groups in total. The first kappa shape index (κ1) is 41.1. The number of carbonyl (C=O) groups is 4. The molecule has 10 rings (SSSR count). The van der Waals surface area contributed by atoms with Crippen LogP contribution in [0.3, 0.4) is 0 Å². The summed E-state index contributed by atoms with van der Waals surface area (Å²) in [5.41, 5.74) is 2.47. The maximum absolute atomic E-state index is 13.7. The van der Waals surface area contributed by atoms with Crippen molar-refractivity contribution in [3.63, 3.8) is 0 Å². The summed E-state index contributed by atoms with van der Waals surface area (Å²) in [4.78, 5) is 56.3. The van der Waals surface area contributed by atoms with Crippen molar-refractivity contribution in [1.82, 2.24) is 9.47 Å². The van der Waals surface area contributed by atoms with Crippen molar-refractivity contribution in [3.05, 3.63) is 87.6 Å². The fraction of sp³-hybridized carbons (Fsp3) is 0.510. The number of methoxy groups -OCH3 is 1. The highest BCUT2D eigenvalue weighted by Crippen LogP contribution is 2.65. The number of rotatable bonds is 11. The highest BCUT2D eigenvalue weighted by Gasteiger charge is 2.71. The molecule has 4 fully saturated rings. The van der Waals surface area contributed by atoms with Crippen molar-refractivity contribution < 1.29 is 48.0 Å². The van der Waals surface area contributed by atoms with Gasteiger partial charge >= 0.3 is 12.1 Å². The number of Topliss-reactive ketones (excluding diaryl/α,β-unsaturated/α-hetero) is 1. The standard InChI is InChI=1S/C49H53ClN2O10/c1-28-37(38-22-36(58-2)14-15-39(38)52(28)46(55)32-9-12-35(50)13-10-32)23-42(54)59-26-30-5-7-31(8-6-30)27-60-47(56)61-41-16-11-33-21-34-25-51(24-29-3-4-29)20-19-48-43(33)44(41)62-45(48)40(53)17-18-49(34,48)57/h9-16,22,29-31,34,45,57H,3-8,17-21,23-27H2,1-2H3/t30?,31?,34-,45-,48-,49+/m0/s1. The number of esters is 1. The Bertz CT molecular complexity index is 2450.